The lowest BCUT2D eigenvalue weighted by Crippen LogP contribution is -2.52. The molecule has 1 aromatic carbocycles. The summed E-state index contributed by atoms with van der Waals surface area (Å²) < 4.78 is 1.59. The van der Waals surface area contributed by atoms with E-state index in [1.807, 2.05) is 20.8 Å². The highest BCUT2D eigenvalue weighted by atomic mass is 35.5. The molecule has 1 fully saturated rings. The molecule has 0 aliphatic carbocycles. The molecule has 1 amide bonds. The molecular weight excluding hydrogens is 361 g/mol. The molecule has 1 N–H and O–H groups in total. The standard InChI is InChI=1S/C17H21Cl2N5O/c1-10(2)16-21-15(17(25)23-8-7-20-9-11(23)3)22-24(16)14-12(18)5-4-6-13(14)19/h4-6,10-11,20H,7-9H2,1-3H3/t11-/m1/s1. The molecule has 1 aliphatic rings. The monoisotopic (exact) mass is 381 g/mol. The molecule has 6 nitrogen and oxygen atoms in total. The van der Waals surface area contributed by atoms with Crippen LogP contribution in [0.3, 0.4) is 0 Å². The number of piperazine rings is 1. The van der Waals surface area contributed by atoms with Gasteiger partial charge in [-0.15, -0.1) is 5.10 Å². The Kier molecular flexibility index (Phi) is 5.32. The molecule has 0 spiro atoms. The molecule has 3 rings (SSSR count). The second kappa shape index (κ2) is 7.32. The summed E-state index contributed by atoms with van der Waals surface area (Å²) in [5.74, 6) is 0.717. The van der Waals surface area contributed by atoms with Crippen molar-refractivity contribution in [1.29, 1.82) is 0 Å². The smallest absolute Gasteiger partial charge is 0.293 e. The zero-order chi connectivity index (χ0) is 18.1. The van der Waals surface area contributed by atoms with Gasteiger partial charge >= 0.3 is 0 Å². The number of nitrogens with one attached hydrogen (secondary N) is 1. The quantitative estimate of drug-likeness (QED) is 0.886. The normalized spacial score (nSPS) is 18.0. The van der Waals surface area contributed by atoms with Crippen molar-refractivity contribution in [3.05, 3.63) is 39.9 Å². The maximum absolute atomic E-state index is 12.9. The fourth-order valence-electron chi connectivity index (χ4n) is 2.92. The second-order valence-corrected chi connectivity index (χ2v) is 7.30. The van der Waals surface area contributed by atoms with Crippen LogP contribution in [0.5, 0.6) is 0 Å². The van der Waals surface area contributed by atoms with Crippen molar-refractivity contribution in [2.24, 2.45) is 0 Å². The van der Waals surface area contributed by atoms with Crippen LogP contribution >= 0.6 is 23.2 Å². The molecule has 2 aromatic rings. The number of hydrogen-bond donors (Lipinski definition) is 1. The summed E-state index contributed by atoms with van der Waals surface area (Å²) in [5, 5.41) is 8.66. The molecule has 0 unspecified atom stereocenters. The average Bonchev–Trinajstić information content (AvgIpc) is 3.00. The molecule has 0 bridgehead atoms. The number of amides is 1. The summed E-state index contributed by atoms with van der Waals surface area (Å²) in [5.41, 5.74) is 0.550. The summed E-state index contributed by atoms with van der Waals surface area (Å²) in [7, 11) is 0. The first-order chi connectivity index (χ1) is 11.9. The Labute approximate surface area is 157 Å². The van der Waals surface area contributed by atoms with Gasteiger partial charge in [-0.2, -0.15) is 0 Å². The first-order valence-electron chi connectivity index (χ1n) is 8.33. The van der Waals surface area contributed by atoms with Gasteiger partial charge in [0, 0.05) is 31.6 Å². The van der Waals surface area contributed by atoms with Crippen LogP contribution in [0.25, 0.3) is 5.69 Å². The Morgan fingerprint density at radius 1 is 1.32 bits per heavy atom. The Morgan fingerprint density at radius 3 is 2.60 bits per heavy atom. The van der Waals surface area contributed by atoms with E-state index in [1.54, 1.807) is 27.8 Å². The van der Waals surface area contributed by atoms with Crippen LogP contribution in [0.2, 0.25) is 10.0 Å². The molecule has 1 aromatic heterocycles. The molecule has 0 radical (unpaired) electrons. The molecule has 8 heteroatoms. The Morgan fingerprint density at radius 2 is 2.00 bits per heavy atom. The Bertz CT molecular complexity index is 769. The highest BCUT2D eigenvalue weighted by Gasteiger charge is 2.29. The molecule has 25 heavy (non-hydrogen) atoms. The van der Waals surface area contributed by atoms with Crippen LogP contribution in [0.4, 0.5) is 0 Å². The van der Waals surface area contributed by atoms with E-state index in [-0.39, 0.29) is 23.7 Å². The van der Waals surface area contributed by atoms with Gasteiger partial charge in [0.1, 0.15) is 11.5 Å². The minimum atomic E-state index is -0.169. The SMILES string of the molecule is CC(C)c1nc(C(=O)N2CCNC[C@H]2C)nn1-c1c(Cl)cccc1Cl. The summed E-state index contributed by atoms with van der Waals surface area (Å²) in [6.07, 6.45) is 0. The van der Waals surface area contributed by atoms with Gasteiger partial charge < -0.3 is 10.2 Å². The van der Waals surface area contributed by atoms with Gasteiger partial charge in [-0.25, -0.2) is 9.67 Å². The summed E-state index contributed by atoms with van der Waals surface area (Å²) >= 11 is 12.6. The number of benzene rings is 1. The third-order valence-corrected chi connectivity index (χ3v) is 4.86. The highest BCUT2D eigenvalue weighted by molar-refractivity contribution is 6.37. The number of aromatic nitrogens is 3. The molecule has 0 saturated carbocycles. The number of rotatable bonds is 3. The zero-order valence-corrected chi connectivity index (χ0v) is 16.0. The van der Waals surface area contributed by atoms with E-state index in [9.17, 15) is 4.79 Å². The lowest BCUT2D eigenvalue weighted by molar-refractivity contribution is 0.0643. The largest absolute Gasteiger partial charge is 0.331 e. The van der Waals surface area contributed by atoms with Gasteiger partial charge in [0.15, 0.2) is 0 Å². The maximum Gasteiger partial charge on any atom is 0.293 e. The average molecular weight is 382 g/mol. The van der Waals surface area contributed by atoms with E-state index < -0.39 is 0 Å². The minimum absolute atomic E-state index is 0.0573. The van der Waals surface area contributed by atoms with Crippen molar-refractivity contribution in [3.8, 4) is 5.69 Å². The van der Waals surface area contributed by atoms with Gasteiger partial charge in [-0.1, -0.05) is 43.1 Å². The number of nitrogens with zero attached hydrogens (tertiary/aromatic N) is 4. The first-order valence-corrected chi connectivity index (χ1v) is 9.08. The lowest BCUT2D eigenvalue weighted by atomic mass is 10.2. The Hall–Kier alpha value is -1.63. The predicted molar refractivity (Wildman–Crippen MR) is 98.8 cm³/mol. The van der Waals surface area contributed by atoms with Gasteiger partial charge in [-0.05, 0) is 19.1 Å². The predicted octanol–water partition coefficient (Wildman–Crippen LogP) is 3.13. The van der Waals surface area contributed by atoms with E-state index in [0.29, 0.717) is 28.1 Å². The maximum atomic E-state index is 12.9. The van der Waals surface area contributed by atoms with Gasteiger partial charge in [0.25, 0.3) is 5.91 Å². The third-order valence-electron chi connectivity index (χ3n) is 4.25. The number of hydrogen-bond acceptors (Lipinski definition) is 4. The van der Waals surface area contributed by atoms with Crippen LogP contribution in [-0.2, 0) is 0 Å². The van der Waals surface area contributed by atoms with Gasteiger partial charge in [-0.3, -0.25) is 4.79 Å². The van der Waals surface area contributed by atoms with E-state index >= 15 is 0 Å². The molecule has 1 atom stereocenters. The van der Waals surface area contributed by atoms with E-state index in [1.165, 1.54) is 0 Å². The molecule has 1 saturated heterocycles. The highest BCUT2D eigenvalue weighted by Crippen LogP contribution is 2.30. The van der Waals surface area contributed by atoms with E-state index in [2.05, 4.69) is 15.4 Å². The van der Waals surface area contributed by atoms with Crippen LogP contribution in [-0.4, -0.2) is 51.2 Å². The van der Waals surface area contributed by atoms with Crippen LogP contribution < -0.4 is 5.32 Å². The lowest BCUT2D eigenvalue weighted by Gasteiger charge is -2.33. The number of para-hydroxylation sites is 1. The molecule has 2 heterocycles. The molecule has 134 valence electrons. The van der Waals surface area contributed by atoms with E-state index in [0.717, 1.165) is 13.1 Å². The van der Waals surface area contributed by atoms with Crippen molar-refractivity contribution in [2.75, 3.05) is 19.6 Å². The van der Waals surface area contributed by atoms with Gasteiger partial charge in [0.05, 0.1) is 10.0 Å². The second-order valence-electron chi connectivity index (χ2n) is 6.48. The van der Waals surface area contributed by atoms with Crippen molar-refractivity contribution in [1.82, 2.24) is 25.0 Å². The van der Waals surface area contributed by atoms with Gasteiger partial charge in [0.2, 0.25) is 5.82 Å². The van der Waals surface area contributed by atoms with Crippen LogP contribution in [0.1, 0.15) is 43.1 Å². The summed E-state index contributed by atoms with van der Waals surface area (Å²) in [4.78, 5) is 19.2. The van der Waals surface area contributed by atoms with Crippen molar-refractivity contribution >= 4 is 29.1 Å². The third kappa shape index (κ3) is 3.52. The summed E-state index contributed by atoms with van der Waals surface area (Å²) in [6, 6.07) is 5.36. The Balaban J connectivity index is 2.05. The van der Waals surface area contributed by atoms with Crippen LogP contribution in [0.15, 0.2) is 18.2 Å². The topological polar surface area (TPSA) is 63.1 Å². The number of carbonyl (C=O) groups excluding carboxylic acids is 1. The fourth-order valence-corrected chi connectivity index (χ4v) is 3.47. The first kappa shape index (κ1) is 18.2. The van der Waals surface area contributed by atoms with Crippen LogP contribution in [0, 0.1) is 0 Å². The molecular formula is C17H21Cl2N5O. The fraction of sp³-hybridized carbons (Fsp3) is 0.471. The van der Waals surface area contributed by atoms with Crippen molar-refractivity contribution in [2.45, 2.75) is 32.7 Å². The minimum Gasteiger partial charge on any atom is -0.331 e. The van der Waals surface area contributed by atoms with E-state index in [4.69, 9.17) is 23.2 Å². The number of halogens is 2. The molecule has 1 aliphatic heterocycles. The van der Waals surface area contributed by atoms with Crippen molar-refractivity contribution in [3.63, 3.8) is 0 Å². The number of carbonyl (C=O) groups is 1. The zero-order valence-electron chi connectivity index (χ0n) is 14.5. The summed E-state index contributed by atoms with van der Waals surface area (Å²) in [6.45, 7) is 8.16. The van der Waals surface area contributed by atoms with Crippen molar-refractivity contribution < 1.29 is 4.79 Å².